The van der Waals surface area contributed by atoms with Crippen LogP contribution in [0, 0.1) is 0 Å². The van der Waals surface area contributed by atoms with Gasteiger partial charge in [-0.1, -0.05) is 11.6 Å². The fourth-order valence-electron chi connectivity index (χ4n) is 4.18. The molecule has 0 saturated heterocycles. The third-order valence-corrected chi connectivity index (χ3v) is 6.18. The van der Waals surface area contributed by atoms with Crippen molar-refractivity contribution in [2.24, 2.45) is 5.73 Å². The second-order valence-corrected chi connectivity index (χ2v) is 8.55. The summed E-state index contributed by atoms with van der Waals surface area (Å²) in [4.78, 5) is 28.0. The van der Waals surface area contributed by atoms with E-state index >= 15 is 0 Å². The van der Waals surface area contributed by atoms with Crippen LogP contribution in [-0.4, -0.2) is 47.1 Å². The monoisotopic (exact) mass is 418 g/mol. The molecule has 1 aromatic carbocycles. The Morgan fingerprint density at radius 3 is 2.79 bits per heavy atom. The van der Waals surface area contributed by atoms with Crippen molar-refractivity contribution in [3.8, 4) is 0 Å². The van der Waals surface area contributed by atoms with Gasteiger partial charge < -0.3 is 20.8 Å². The highest BCUT2D eigenvalue weighted by Crippen LogP contribution is 2.38. The van der Waals surface area contributed by atoms with Crippen molar-refractivity contribution in [3.63, 3.8) is 0 Å². The summed E-state index contributed by atoms with van der Waals surface area (Å²) < 4.78 is 5.19. The zero-order valence-electron chi connectivity index (χ0n) is 16.5. The molecular formula is C21H27ClN4O3. The highest BCUT2D eigenvalue weighted by atomic mass is 35.5. The van der Waals surface area contributed by atoms with Crippen molar-refractivity contribution in [2.75, 3.05) is 6.61 Å². The topological polar surface area (TPSA) is 109 Å². The van der Waals surface area contributed by atoms with Crippen LogP contribution in [0.2, 0.25) is 5.02 Å². The van der Waals surface area contributed by atoms with E-state index in [0.717, 1.165) is 36.6 Å². The fourth-order valence-corrected chi connectivity index (χ4v) is 4.36. The molecule has 0 aliphatic heterocycles. The largest absolute Gasteiger partial charge is 0.465 e. The Balaban J connectivity index is 1.34. The highest BCUT2D eigenvalue weighted by molar-refractivity contribution is 6.31. The third kappa shape index (κ3) is 4.27. The molecule has 2 aromatic rings. The van der Waals surface area contributed by atoms with E-state index in [0.29, 0.717) is 23.7 Å². The lowest BCUT2D eigenvalue weighted by Gasteiger charge is -2.36. The number of esters is 1. The number of amides is 1. The number of hydrogen-bond acceptors (Lipinski definition) is 5. The molecule has 29 heavy (non-hydrogen) atoms. The number of aromatic amines is 1. The van der Waals surface area contributed by atoms with Gasteiger partial charge in [-0.3, -0.25) is 14.9 Å². The molecule has 8 heteroatoms. The van der Waals surface area contributed by atoms with Gasteiger partial charge in [0.1, 0.15) is 11.2 Å². The molecule has 1 amide bonds. The summed E-state index contributed by atoms with van der Waals surface area (Å²) in [5.74, 6) is -0.336. The van der Waals surface area contributed by atoms with Gasteiger partial charge in [0, 0.05) is 34.1 Å². The minimum atomic E-state index is -0.526. The first kappa shape index (κ1) is 20.2. The lowest BCUT2D eigenvalue weighted by molar-refractivity contribution is -0.147. The van der Waals surface area contributed by atoms with Crippen molar-refractivity contribution >= 4 is 34.4 Å². The summed E-state index contributed by atoms with van der Waals surface area (Å²) in [6.07, 6.45) is 3.93. The van der Waals surface area contributed by atoms with Crippen LogP contribution in [0.1, 0.15) is 49.5 Å². The molecular weight excluding hydrogens is 392 g/mol. The number of halogens is 1. The lowest BCUT2D eigenvalue weighted by Crippen LogP contribution is -2.57. The minimum Gasteiger partial charge on any atom is -0.465 e. The SMILES string of the molecule is CCOC(=O)C1(NC2CCC(NC(=O)c3cc4cc(Cl)ccc4[nH]3)C(N)C2)CC1. The Morgan fingerprint density at radius 1 is 1.31 bits per heavy atom. The van der Waals surface area contributed by atoms with Crippen molar-refractivity contribution in [3.05, 3.63) is 35.0 Å². The number of ether oxygens (including phenoxy) is 1. The van der Waals surface area contributed by atoms with Crippen molar-refractivity contribution < 1.29 is 14.3 Å². The lowest BCUT2D eigenvalue weighted by atomic mass is 9.86. The normalized spacial score (nSPS) is 25.6. The highest BCUT2D eigenvalue weighted by Gasteiger charge is 2.52. The van der Waals surface area contributed by atoms with Gasteiger partial charge in [0.25, 0.3) is 5.91 Å². The Kier molecular flexibility index (Phi) is 5.55. The van der Waals surface area contributed by atoms with Gasteiger partial charge in [-0.05, 0) is 63.3 Å². The molecule has 1 heterocycles. The summed E-state index contributed by atoms with van der Waals surface area (Å²) >= 11 is 6.02. The second kappa shape index (κ2) is 7.97. The van der Waals surface area contributed by atoms with Crippen LogP contribution in [-0.2, 0) is 9.53 Å². The first-order valence-electron chi connectivity index (χ1n) is 10.2. The maximum absolute atomic E-state index is 12.7. The van der Waals surface area contributed by atoms with Gasteiger partial charge in [0.05, 0.1) is 6.61 Å². The Morgan fingerprint density at radius 2 is 2.10 bits per heavy atom. The molecule has 1 aromatic heterocycles. The predicted molar refractivity (Wildman–Crippen MR) is 112 cm³/mol. The maximum atomic E-state index is 12.7. The molecule has 2 saturated carbocycles. The van der Waals surface area contributed by atoms with E-state index in [4.69, 9.17) is 22.1 Å². The molecule has 2 fully saturated rings. The van der Waals surface area contributed by atoms with Gasteiger partial charge in [0.15, 0.2) is 0 Å². The molecule has 3 unspecified atom stereocenters. The van der Waals surface area contributed by atoms with Crippen molar-refractivity contribution in [1.29, 1.82) is 0 Å². The predicted octanol–water partition coefficient (Wildman–Crippen LogP) is 2.48. The number of H-pyrrole nitrogens is 1. The van der Waals surface area contributed by atoms with Crippen LogP contribution >= 0.6 is 11.6 Å². The van der Waals surface area contributed by atoms with Crippen molar-refractivity contribution in [2.45, 2.75) is 62.7 Å². The molecule has 0 spiro atoms. The van der Waals surface area contributed by atoms with E-state index in [9.17, 15) is 9.59 Å². The number of rotatable bonds is 6. The number of nitrogens with two attached hydrogens (primary N) is 1. The fraction of sp³-hybridized carbons (Fsp3) is 0.524. The van der Waals surface area contributed by atoms with Crippen LogP contribution in [0.3, 0.4) is 0 Å². The standard InChI is InChI=1S/C21H27ClN4O3/c1-2-29-20(28)21(7-8-21)26-14-4-6-17(15(23)11-14)25-19(27)18-10-12-9-13(22)3-5-16(12)24-18/h3,5,9-10,14-15,17,24,26H,2,4,6-8,11,23H2,1H3,(H,25,27). The molecule has 156 valence electrons. The number of fused-ring (bicyclic) bond motifs is 1. The van der Waals surface area contributed by atoms with Crippen LogP contribution in [0.5, 0.6) is 0 Å². The van der Waals surface area contributed by atoms with Gasteiger partial charge in [-0.2, -0.15) is 0 Å². The molecule has 0 radical (unpaired) electrons. The summed E-state index contributed by atoms with van der Waals surface area (Å²) in [6.45, 7) is 2.21. The number of carbonyl (C=O) groups excluding carboxylic acids is 2. The number of carbonyl (C=O) groups is 2. The number of hydrogen-bond donors (Lipinski definition) is 4. The summed E-state index contributed by atoms with van der Waals surface area (Å²) in [5.41, 5.74) is 7.20. The summed E-state index contributed by atoms with van der Waals surface area (Å²) in [5, 5.41) is 8.05. The van der Waals surface area contributed by atoms with E-state index in [1.54, 1.807) is 12.1 Å². The molecule has 2 aliphatic carbocycles. The van der Waals surface area contributed by atoms with Gasteiger partial charge in [-0.25, -0.2) is 0 Å². The van der Waals surface area contributed by atoms with Crippen LogP contribution in [0.4, 0.5) is 0 Å². The zero-order valence-corrected chi connectivity index (χ0v) is 17.2. The second-order valence-electron chi connectivity index (χ2n) is 8.12. The number of aromatic nitrogens is 1. The van der Waals surface area contributed by atoms with Crippen molar-refractivity contribution in [1.82, 2.24) is 15.6 Å². The van der Waals surface area contributed by atoms with Gasteiger partial charge in [0.2, 0.25) is 0 Å². The molecule has 7 nitrogen and oxygen atoms in total. The Hall–Kier alpha value is -2.09. The minimum absolute atomic E-state index is 0.103. The Bertz CT molecular complexity index is 924. The van der Waals surface area contributed by atoms with E-state index in [-0.39, 0.29) is 30.0 Å². The van der Waals surface area contributed by atoms with E-state index in [1.165, 1.54) is 0 Å². The van der Waals surface area contributed by atoms with Gasteiger partial charge in [-0.15, -0.1) is 0 Å². The number of nitrogens with one attached hydrogen (secondary N) is 3. The van der Waals surface area contributed by atoms with Crippen LogP contribution in [0.25, 0.3) is 10.9 Å². The van der Waals surface area contributed by atoms with E-state index < -0.39 is 5.54 Å². The average molecular weight is 419 g/mol. The molecule has 4 rings (SSSR count). The summed E-state index contributed by atoms with van der Waals surface area (Å²) in [6, 6.07) is 7.13. The number of benzene rings is 1. The maximum Gasteiger partial charge on any atom is 0.326 e. The first-order chi connectivity index (χ1) is 13.9. The summed E-state index contributed by atoms with van der Waals surface area (Å²) in [7, 11) is 0. The quantitative estimate of drug-likeness (QED) is 0.539. The smallest absolute Gasteiger partial charge is 0.326 e. The third-order valence-electron chi connectivity index (χ3n) is 5.94. The Labute approximate surface area is 174 Å². The zero-order chi connectivity index (χ0) is 20.6. The average Bonchev–Trinajstić information content (AvgIpc) is 3.34. The molecule has 3 atom stereocenters. The molecule has 2 aliphatic rings. The van der Waals surface area contributed by atoms with E-state index in [2.05, 4.69) is 15.6 Å². The van der Waals surface area contributed by atoms with Crippen LogP contribution in [0.15, 0.2) is 24.3 Å². The first-order valence-corrected chi connectivity index (χ1v) is 10.6. The molecule has 0 bridgehead atoms. The molecule has 5 N–H and O–H groups in total. The van der Waals surface area contributed by atoms with Crippen LogP contribution < -0.4 is 16.4 Å². The van der Waals surface area contributed by atoms with E-state index in [1.807, 2.05) is 19.1 Å². The van der Waals surface area contributed by atoms with Gasteiger partial charge >= 0.3 is 5.97 Å².